The van der Waals surface area contributed by atoms with Gasteiger partial charge in [0.15, 0.2) is 0 Å². The first-order valence-corrected chi connectivity index (χ1v) is 6.37. The first-order valence-electron chi connectivity index (χ1n) is 6.37. The van der Waals surface area contributed by atoms with Gasteiger partial charge in [-0.1, -0.05) is 55.3 Å². The Bertz CT molecular complexity index is 352. The van der Waals surface area contributed by atoms with Gasteiger partial charge < -0.3 is 10.5 Å². The number of hydrogen-bond acceptors (Lipinski definition) is 2. The SMILES string of the molecule is NC1(COCC=Cc2ccccc2)CCCC1. The normalized spacial score (nSPS) is 18.9. The molecule has 92 valence electrons. The number of ether oxygens (including phenoxy) is 1. The molecule has 1 aliphatic carbocycles. The second kappa shape index (κ2) is 5.99. The largest absolute Gasteiger partial charge is 0.375 e. The highest BCUT2D eigenvalue weighted by molar-refractivity contribution is 5.48. The van der Waals surface area contributed by atoms with Crippen molar-refractivity contribution in [2.24, 2.45) is 5.73 Å². The number of hydrogen-bond donors (Lipinski definition) is 1. The third-order valence-electron chi connectivity index (χ3n) is 3.31. The zero-order valence-electron chi connectivity index (χ0n) is 10.3. The highest BCUT2D eigenvalue weighted by atomic mass is 16.5. The van der Waals surface area contributed by atoms with Crippen LogP contribution in [-0.4, -0.2) is 18.8 Å². The summed E-state index contributed by atoms with van der Waals surface area (Å²) < 4.78 is 5.63. The van der Waals surface area contributed by atoms with E-state index in [2.05, 4.69) is 18.2 Å². The van der Waals surface area contributed by atoms with Crippen molar-refractivity contribution in [3.05, 3.63) is 42.0 Å². The second-order valence-corrected chi connectivity index (χ2v) is 4.90. The molecule has 2 nitrogen and oxygen atoms in total. The molecule has 17 heavy (non-hydrogen) atoms. The van der Waals surface area contributed by atoms with Crippen molar-refractivity contribution in [3.63, 3.8) is 0 Å². The van der Waals surface area contributed by atoms with Gasteiger partial charge in [0.05, 0.1) is 13.2 Å². The number of benzene rings is 1. The van der Waals surface area contributed by atoms with Crippen molar-refractivity contribution in [1.82, 2.24) is 0 Å². The minimum atomic E-state index is -0.0550. The minimum absolute atomic E-state index is 0.0550. The molecule has 1 saturated carbocycles. The van der Waals surface area contributed by atoms with Gasteiger partial charge >= 0.3 is 0 Å². The molecule has 1 fully saturated rings. The number of rotatable bonds is 5. The monoisotopic (exact) mass is 231 g/mol. The van der Waals surface area contributed by atoms with Crippen molar-refractivity contribution in [3.8, 4) is 0 Å². The summed E-state index contributed by atoms with van der Waals surface area (Å²) >= 11 is 0. The lowest BCUT2D eigenvalue weighted by Gasteiger charge is -2.22. The average Bonchev–Trinajstić information content (AvgIpc) is 2.77. The highest BCUT2D eigenvalue weighted by Gasteiger charge is 2.29. The van der Waals surface area contributed by atoms with Crippen molar-refractivity contribution in [2.45, 2.75) is 31.2 Å². The zero-order valence-corrected chi connectivity index (χ0v) is 10.3. The third-order valence-corrected chi connectivity index (χ3v) is 3.31. The van der Waals surface area contributed by atoms with Gasteiger partial charge in [0.2, 0.25) is 0 Å². The molecule has 0 heterocycles. The van der Waals surface area contributed by atoms with E-state index in [1.807, 2.05) is 24.3 Å². The fourth-order valence-electron chi connectivity index (χ4n) is 2.30. The van der Waals surface area contributed by atoms with Crippen LogP contribution in [0.3, 0.4) is 0 Å². The van der Waals surface area contributed by atoms with Crippen LogP contribution in [0, 0.1) is 0 Å². The standard InChI is InChI=1S/C15H21NO/c16-15(10-4-5-11-15)13-17-12-6-9-14-7-2-1-3-8-14/h1-3,6-9H,4-5,10-13,16H2. The Balaban J connectivity index is 1.68. The molecule has 0 atom stereocenters. The Kier molecular flexibility index (Phi) is 4.35. The minimum Gasteiger partial charge on any atom is -0.375 e. The van der Waals surface area contributed by atoms with Crippen molar-refractivity contribution in [1.29, 1.82) is 0 Å². The molecule has 0 amide bonds. The molecule has 1 aliphatic rings. The van der Waals surface area contributed by atoms with Crippen LogP contribution in [0.1, 0.15) is 31.2 Å². The predicted molar refractivity (Wildman–Crippen MR) is 71.7 cm³/mol. The van der Waals surface area contributed by atoms with E-state index < -0.39 is 0 Å². The molecule has 1 aromatic rings. The lowest BCUT2D eigenvalue weighted by molar-refractivity contribution is 0.108. The summed E-state index contributed by atoms with van der Waals surface area (Å²) in [6, 6.07) is 10.3. The topological polar surface area (TPSA) is 35.2 Å². The lowest BCUT2D eigenvalue weighted by atomic mass is 10.0. The summed E-state index contributed by atoms with van der Waals surface area (Å²) in [4.78, 5) is 0. The molecular formula is C15H21NO. The summed E-state index contributed by atoms with van der Waals surface area (Å²) in [6.07, 6.45) is 8.84. The molecule has 0 spiro atoms. The Morgan fingerprint density at radius 2 is 1.88 bits per heavy atom. The van der Waals surface area contributed by atoms with Crippen LogP contribution < -0.4 is 5.73 Å². The summed E-state index contributed by atoms with van der Waals surface area (Å²) in [5, 5.41) is 0. The maximum atomic E-state index is 6.20. The molecule has 0 saturated heterocycles. The predicted octanol–water partition coefficient (Wildman–Crippen LogP) is 2.99. The van der Waals surface area contributed by atoms with Gasteiger partial charge in [-0.2, -0.15) is 0 Å². The van der Waals surface area contributed by atoms with Crippen molar-refractivity contribution in [2.75, 3.05) is 13.2 Å². The Morgan fingerprint density at radius 1 is 1.18 bits per heavy atom. The zero-order chi connectivity index (χ0) is 12.0. The van der Waals surface area contributed by atoms with Crippen LogP contribution in [0.5, 0.6) is 0 Å². The third kappa shape index (κ3) is 3.99. The van der Waals surface area contributed by atoms with Crippen LogP contribution >= 0.6 is 0 Å². The summed E-state index contributed by atoms with van der Waals surface area (Å²) in [5.41, 5.74) is 7.36. The Morgan fingerprint density at radius 3 is 2.59 bits per heavy atom. The smallest absolute Gasteiger partial charge is 0.0651 e. The van der Waals surface area contributed by atoms with Gasteiger partial charge in [0, 0.05) is 5.54 Å². The Labute approximate surface area is 103 Å². The van der Waals surface area contributed by atoms with E-state index in [-0.39, 0.29) is 5.54 Å². The van der Waals surface area contributed by atoms with Gasteiger partial charge in [-0.25, -0.2) is 0 Å². The molecule has 1 aromatic carbocycles. The Hall–Kier alpha value is -1.12. The maximum Gasteiger partial charge on any atom is 0.0651 e. The summed E-state index contributed by atoms with van der Waals surface area (Å²) in [7, 11) is 0. The molecule has 0 aromatic heterocycles. The molecule has 0 radical (unpaired) electrons. The molecule has 0 unspecified atom stereocenters. The van der Waals surface area contributed by atoms with Gasteiger partial charge in [-0.05, 0) is 18.4 Å². The van der Waals surface area contributed by atoms with Crippen LogP contribution in [0.2, 0.25) is 0 Å². The average molecular weight is 231 g/mol. The first kappa shape index (κ1) is 12.3. The van der Waals surface area contributed by atoms with E-state index in [9.17, 15) is 0 Å². The maximum absolute atomic E-state index is 6.20. The summed E-state index contributed by atoms with van der Waals surface area (Å²) in [5.74, 6) is 0. The highest BCUT2D eigenvalue weighted by Crippen LogP contribution is 2.27. The van der Waals surface area contributed by atoms with E-state index in [0.29, 0.717) is 13.2 Å². The van der Waals surface area contributed by atoms with E-state index in [1.54, 1.807) is 0 Å². The molecule has 0 aliphatic heterocycles. The molecular weight excluding hydrogens is 210 g/mol. The van der Waals surface area contributed by atoms with E-state index in [1.165, 1.54) is 18.4 Å². The van der Waals surface area contributed by atoms with Crippen LogP contribution in [-0.2, 0) is 4.74 Å². The van der Waals surface area contributed by atoms with Gasteiger partial charge in [0.25, 0.3) is 0 Å². The van der Waals surface area contributed by atoms with Crippen LogP contribution in [0.4, 0.5) is 0 Å². The summed E-state index contributed by atoms with van der Waals surface area (Å²) in [6.45, 7) is 1.33. The molecule has 2 N–H and O–H groups in total. The van der Waals surface area contributed by atoms with Crippen LogP contribution in [0.15, 0.2) is 36.4 Å². The van der Waals surface area contributed by atoms with E-state index in [0.717, 1.165) is 12.8 Å². The fraction of sp³-hybridized carbons (Fsp3) is 0.467. The molecule has 2 rings (SSSR count). The first-order chi connectivity index (χ1) is 8.29. The molecule has 2 heteroatoms. The van der Waals surface area contributed by atoms with Crippen LogP contribution in [0.25, 0.3) is 6.08 Å². The van der Waals surface area contributed by atoms with Gasteiger partial charge in [-0.15, -0.1) is 0 Å². The lowest BCUT2D eigenvalue weighted by Crippen LogP contribution is -2.41. The van der Waals surface area contributed by atoms with E-state index >= 15 is 0 Å². The fourth-order valence-corrected chi connectivity index (χ4v) is 2.30. The van der Waals surface area contributed by atoms with Crippen molar-refractivity contribution < 1.29 is 4.74 Å². The van der Waals surface area contributed by atoms with Crippen molar-refractivity contribution >= 4 is 6.08 Å². The quantitative estimate of drug-likeness (QED) is 0.791. The number of nitrogens with two attached hydrogens (primary N) is 1. The molecule has 0 bridgehead atoms. The van der Waals surface area contributed by atoms with E-state index in [4.69, 9.17) is 10.5 Å². The van der Waals surface area contributed by atoms with Gasteiger partial charge in [0.1, 0.15) is 0 Å². The van der Waals surface area contributed by atoms with Gasteiger partial charge in [-0.3, -0.25) is 0 Å². The second-order valence-electron chi connectivity index (χ2n) is 4.90.